The molecule has 17 heavy (non-hydrogen) atoms. The molecular formula is C12H20N4O. The van der Waals surface area contributed by atoms with Crippen molar-refractivity contribution in [3.63, 3.8) is 0 Å². The van der Waals surface area contributed by atoms with Gasteiger partial charge in [-0.1, -0.05) is 12.8 Å². The van der Waals surface area contributed by atoms with Crippen molar-refractivity contribution in [2.45, 2.75) is 51.0 Å². The molecule has 0 spiro atoms. The number of rotatable bonds is 4. The Labute approximate surface area is 102 Å². The van der Waals surface area contributed by atoms with Crippen molar-refractivity contribution in [3.05, 3.63) is 11.6 Å². The topological polar surface area (TPSA) is 73.9 Å². The first-order valence-corrected chi connectivity index (χ1v) is 6.22. The lowest BCUT2D eigenvalue weighted by atomic mass is 10.1. The largest absolute Gasteiger partial charge is 0.381 e. The number of anilines is 1. The highest BCUT2D eigenvalue weighted by Gasteiger charge is 2.21. The van der Waals surface area contributed by atoms with Crippen LogP contribution in [-0.4, -0.2) is 28.2 Å². The van der Waals surface area contributed by atoms with E-state index in [1.807, 2.05) is 6.92 Å². The Balaban J connectivity index is 2.16. The SMILES string of the molecule is COC(C)Cc1nc(N)nc(C2CCCC2)n1. The van der Waals surface area contributed by atoms with E-state index < -0.39 is 0 Å². The molecule has 1 aromatic heterocycles. The van der Waals surface area contributed by atoms with Crippen LogP contribution in [0.2, 0.25) is 0 Å². The lowest BCUT2D eigenvalue weighted by Crippen LogP contribution is -2.15. The minimum Gasteiger partial charge on any atom is -0.381 e. The monoisotopic (exact) mass is 236 g/mol. The second-order valence-electron chi connectivity index (χ2n) is 4.70. The first-order chi connectivity index (χ1) is 8.19. The Morgan fingerprint density at radius 2 is 2.00 bits per heavy atom. The smallest absolute Gasteiger partial charge is 0.223 e. The second-order valence-corrected chi connectivity index (χ2v) is 4.70. The Morgan fingerprint density at radius 1 is 1.29 bits per heavy atom. The molecule has 1 aromatic rings. The molecule has 1 fully saturated rings. The molecule has 2 N–H and O–H groups in total. The summed E-state index contributed by atoms with van der Waals surface area (Å²) < 4.78 is 5.22. The molecule has 5 heteroatoms. The highest BCUT2D eigenvalue weighted by molar-refractivity contribution is 5.18. The average molecular weight is 236 g/mol. The van der Waals surface area contributed by atoms with Crippen LogP contribution in [-0.2, 0) is 11.2 Å². The van der Waals surface area contributed by atoms with Gasteiger partial charge in [0.2, 0.25) is 5.95 Å². The third-order valence-corrected chi connectivity index (χ3v) is 3.31. The summed E-state index contributed by atoms with van der Waals surface area (Å²) in [5.74, 6) is 2.42. The van der Waals surface area contributed by atoms with Gasteiger partial charge in [-0.3, -0.25) is 0 Å². The van der Waals surface area contributed by atoms with Crippen molar-refractivity contribution in [1.29, 1.82) is 0 Å². The van der Waals surface area contributed by atoms with Gasteiger partial charge >= 0.3 is 0 Å². The summed E-state index contributed by atoms with van der Waals surface area (Å²) in [5, 5.41) is 0. The van der Waals surface area contributed by atoms with Crippen LogP contribution in [0.15, 0.2) is 0 Å². The van der Waals surface area contributed by atoms with Crippen molar-refractivity contribution < 1.29 is 4.74 Å². The van der Waals surface area contributed by atoms with Crippen LogP contribution in [0.25, 0.3) is 0 Å². The van der Waals surface area contributed by atoms with Crippen molar-refractivity contribution in [2.75, 3.05) is 12.8 Å². The van der Waals surface area contributed by atoms with E-state index in [1.165, 1.54) is 25.7 Å². The highest BCUT2D eigenvalue weighted by atomic mass is 16.5. The summed E-state index contributed by atoms with van der Waals surface area (Å²) in [6, 6.07) is 0. The molecule has 0 aliphatic heterocycles. The van der Waals surface area contributed by atoms with Gasteiger partial charge in [0.05, 0.1) is 6.10 Å². The number of hydrogen-bond acceptors (Lipinski definition) is 5. The van der Waals surface area contributed by atoms with Gasteiger partial charge in [-0.05, 0) is 19.8 Å². The second kappa shape index (κ2) is 5.40. The van der Waals surface area contributed by atoms with Crippen molar-refractivity contribution in [1.82, 2.24) is 15.0 Å². The fourth-order valence-corrected chi connectivity index (χ4v) is 2.26. The predicted molar refractivity (Wildman–Crippen MR) is 65.6 cm³/mol. The van der Waals surface area contributed by atoms with Gasteiger partial charge in [0.25, 0.3) is 0 Å². The van der Waals surface area contributed by atoms with E-state index in [4.69, 9.17) is 10.5 Å². The number of methoxy groups -OCH3 is 1. The zero-order valence-corrected chi connectivity index (χ0v) is 10.5. The third kappa shape index (κ3) is 3.12. The van der Waals surface area contributed by atoms with Gasteiger partial charge in [-0.2, -0.15) is 9.97 Å². The van der Waals surface area contributed by atoms with E-state index >= 15 is 0 Å². The fraction of sp³-hybridized carbons (Fsp3) is 0.750. The molecular weight excluding hydrogens is 216 g/mol. The maximum atomic E-state index is 5.74. The molecule has 1 aliphatic carbocycles. The molecule has 1 unspecified atom stereocenters. The highest BCUT2D eigenvalue weighted by Crippen LogP contribution is 2.32. The first kappa shape index (κ1) is 12.2. The number of nitrogens with zero attached hydrogens (tertiary/aromatic N) is 3. The van der Waals surface area contributed by atoms with E-state index in [1.54, 1.807) is 7.11 Å². The molecule has 0 saturated heterocycles. The Hall–Kier alpha value is -1.23. The van der Waals surface area contributed by atoms with Crippen LogP contribution in [0.3, 0.4) is 0 Å². The van der Waals surface area contributed by atoms with E-state index in [0.29, 0.717) is 18.3 Å². The maximum Gasteiger partial charge on any atom is 0.223 e. The van der Waals surface area contributed by atoms with Crippen LogP contribution >= 0.6 is 0 Å². The minimum atomic E-state index is 0.105. The van der Waals surface area contributed by atoms with Gasteiger partial charge in [-0.25, -0.2) is 4.98 Å². The summed E-state index contributed by atoms with van der Waals surface area (Å²) in [7, 11) is 1.69. The molecule has 0 bridgehead atoms. The quantitative estimate of drug-likeness (QED) is 0.861. The summed E-state index contributed by atoms with van der Waals surface area (Å²) >= 11 is 0. The van der Waals surface area contributed by atoms with Crippen LogP contribution in [0.1, 0.15) is 50.2 Å². The number of aromatic nitrogens is 3. The number of nitrogens with two attached hydrogens (primary N) is 1. The maximum absolute atomic E-state index is 5.74. The molecule has 0 radical (unpaired) electrons. The van der Waals surface area contributed by atoms with Gasteiger partial charge < -0.3 is 10.5 Å². The fourth-order valence-electron chi connectivity index (χ4n) is 2.26. The van der Waals surface area contributed by atoms with Crippen LogP contribution in [0.4, 0.5) is 5.95 Å². The number of nitrogen functional groups attached to an aromatic ring is 1. The van der Waals surface area contributed by atoms with Crippen LogP contribution in [0, 0.1) is 0 Å². The molecule has 1 saturated carbocycles. The van der Waals surface area contributed by atoms with Crippen molar-refractivity contribution >= 4 is 5.95 Å². The van der Waals surface area contributed by atoms with Gasteiger partial charge in [-0.15, -0.1) is 0 Å². The zero-order chi connectivity index (χ0) is 12.3. The molecule has 1 heterocycles. The van der Waals surface area contributed by atoms with Gasteiger partial charge in [0.1, 0.15) is 11.6 Å². The summed E-state index contributed by atoms with van der Waals surface area (Å²) in [6.45, 7) is 2.00. The Kier molecular flexibility index (Phi) is 3.89. The molecule has 94 valence electrons. The average Bonchev–Trinajstić information content (AvgIpc) is 2.81. The lowest BCUT2D eigenvalue weighted by molar-refractivity contribution is 0.117. The first-order valence-electron chi connectivity index (χ1n) is 6.22. The summed E-state index contributed by atoms with van der Waals surface area (Å²) in [4.78, 5) is 13.0. The third-order valence-electron chi connectivity index (χ3n) is 3.31. The molecule has 1 aliphatic rings. The van der Waals surface area contributed by atoms with Crippen molar-refractivity contribution in [2.24, 2.45) is 0 Å². The van der Waals surface area contributed by atoms with Gasteiger partial charge in [0.15, 0.2) is 0 Å². The van der Waals surface area contributed by atoms with E-state index in [9.17, 15) is 0 Å². The minimum absolute atomic E-state index is 0.105. The molecule has 0 aromatic carbocycles. The van der Waals surface area contributed by atoms with Crippen molar-refractivity contribution in [3.8, 4) is 0 Å². The van der Waals surface area contributed by atoms with E-state index in [0.717, 1.165) is 11.6 Å². The molecule has 2 rings (SSSR count). The summed E-state index contributed by atoms with van der Waals surface area (Å²) in [5.41, 5.74) is 5.74. The van der Waals surface area contributed by atoms with E-state index in [2.05, 4.69) is 15.0 Å². The molecule has 0 amide bonds. The molecule has 1 atom stereocenters. The predicted octanol–water partition coefficient (Wildman–Crippen LogP) is 1.69. The van der Waals surface area contributed by atoms with Crippen LogP contribution in [0.5, 0.6) is 0 Å². The zero-order valence-electron chi connectivity index (χ0n) is 10.5. The standard InChI is InChI=1S/C12H20N4O/c1-8(17-2)7-10-14-11(16-12(13)15-10)9-5-3-4-6-9/h8-9H,3-7H2,1-2H3,(H2,13,14,15,16). The van der Waals surface area contributed by atoms with Gasteiger partial charge in [0, 0.05) is 19.4 Å². The van der Waals surface area contributed by atoms with Crippen LogP contribution < -0.4 is 5.73 Å². The van der Waals surface area contributed by atoms with E-state index in [-0.39, 0.29) is 6.10 Å². The summed E-state index contributed by atoms with van der Waals surface area (Å²) in [6.07, 6.45) is 5.65. The lowest BCUT2D eigenvalue weighted by Gasteiger charge is -2.12. The normalized spacial score (nSPS) is 18.5. The number of hydrogen-bond donors (Lipinski definition) is 1. The molecule has 5 nitrogen and oxygen atoms in total. The number of ether oxygens (including phenoxy) is 1. The Morgan fingerprint density at radius 3 is 2.65 bits per heavy atom. The Bertz CT molecular complexity index is 377.